The number of aliphatic hydroxyl groups excluding tert-OH is 1. The molecule has 0 aliphatic carbocycles. The molecule has 0 saturated carbocycles. The smallest absolute Gasteiger partial charge is 0.119 e. The SMILES string of the molecule is COc1ccc(-n2nc(C(C)(O)CCCO)cc2-c2ccc(C#N)cc2)cc1. The highest BCUT2D eigenvalue weighted by Gasteiger charge is 2.27. The number of nitrogens with zero attached hydrogens (tertiary/aromatic N) is 3. The minimum absolute atomic E-state index is 0.0117. The van der Waals surface area contributed by atoms with Crippen molar-refractivity contribution < 1.29 is 14.9 Å². The summed E-state index contributed by atoms with van der Waals surface area (Å²) in [5.41, 5.74) is 2.44. The molecule has 0 aliphatic rings. The fourth-order valence-corrected chi connectivity index (χ4v) is 3.04. The van der Waals surface area contributed by atoms with E-state index in [2.05, 4.69) is 11.2 Å². The Balaban J connectivity index is 2.10. The van der Waals surface area contributed by atoms with Crippen molar-refractivity contribution in [2.75, 3.05) is 13.7 Å². The van der Waals surface area contributed by atoms with Gasteiger partial charge in [-0.25, -0.2) is 4.68 Å². The van der Waals surface area contributed by atoms with Gasteiger partial charge in [-0.2, -0.15) is 10.4 Å². The summed E-state index contributed by atoms with van der Waals surface area (Å²) in [5.74, 6) is 0.742. The molecule has 0 bridgehead atoms. The van der Waals surface area contributed by atoms with Gasteiger partial charge in [0.1, 0.15) is 11.4 Å². The van der Waals surface area contributed by atoms with Gasteiger partial charge < -0.3 is 14.9 Å². The van der Waals surface area contributed by atoms with Gasteiger partial charge in [-0.05, 0) is 62.2 Å². The number of ether oxygens (including phenoxy) is 1. The third kappa shape index (κ3) is 4.06. The third-order valence-corrected chi connectivity index (χ3v) is 4.71. The molecule has 28 heavy (non-hydrogen) atoms. The minimum atomic E-state index is -1.16. The normalized spacial score (nSPS) is 13.0. The molecule has 3 rings (SSSR count). The predicted octanol–water partition coefficient (Wildman–Crippen LogP) is 3.40. The van der Waals surface area contributed by atoms with Crippen LogP contribution in [-0.4, -0.2) is 33.7 Å². The molecule has 1 unspecified atom stereocenters. The van der Waals surface area contributed by atoms with Gasteiger partial charge in [-0.3, -0.25) is 0 Å². The molecule has 144 valence electrons. The molecule has 1 heterocycles. The van der Waals surface area contributed by atoms with Crippen LogP contribution in [0.4, 0.5) is 0 Å². The van der Waals surface area contributed by atoms with E-state index in [9.17, 15) is 5.11 Å². The molecule has 0 saturated heterocycles. The number of benzene rings is 2. The minimum Gasteiger partial charge on any atom is -0.497 e. The fourth-order valence-electron chi connectivity index (χ4n) is 3.04. The van der Waals surface area contributed by atoms with Crippen LogP contribution >= 0.6 is 0 Å². The van der Waals surface area contributed by atoms with Crippen LogP contribution in [0.1, 0.15) is 31.0 Å². The summed E-state index contributed by atoms with van der Waals surface area (Å²) in [6.45, 7) is 1.71. The zero-order chi connectivity index (χ0) is 20.1. The van der Waals surface area contributed by atoms with Crippen LogP contribution in [0.2, 0.25) is 0 Å². The van der Waals surface area contributed by atoms with Crippen LogP contribution in [0.15, 0.2) is 54.6 Å². The molecular weight excluding hydrogens is 354 g/mol. The monoisotopic (exact) mass is 377 g/mol. The summed E-state index contributed by atoms with van der Waals surface area (Å²) < 4.78 is 6.99. The summed E-state index contributed by atoms with van der Waals surface area (Å²) in [6, 6.07) is 18.7. The van der Waals surface area contributed by atoms with Crippen molar-refractivity contribution in [1.29, 1.82) is 5.26 Å². The Morgan fingerprint density at radius 1 is 1.14 bits per heavy atom. The highest BCUT2D eigenvalue weighted by molar-refractivity contribution is 5.64. The van der Waals surface area contributed by atoms with Crippen LogP contribution in [0.25, 0.3) is 16.9 Å². The number of hydrogen-bond donors (Lipinski definition) is 2. The Labute approximate surface area is 164 Å². The first-order valence-electron chi connectivity index (χ1n) is 9.07. The average Bonchev–Trinajstić information content (AvgIpc) is 3.19. The van der Waals surface area contributed by atoms with Gasteiger partial charge in [0.25, 0.3) is 0 Å². The van der Waals surface area contributed by atoms with E-state index in [0.29, 0.717) is 24.1 Å². The number of aromatic nitrogens is 2. The second-order valence-corrected chi connectivity index (χ2v) is 6.81. The van der Waals surface area contributed by atoms with E-state index < -0.39 is 5.60 Å². The lowest BCUT2D eigenvalue weighted by Gasteiger charge is -2.20. The largest absolute Gasteiger partial charge is 0.497 e. The topological polar surface area (TPSA) is 91.3 Å². The van der Waals surface area contributed by atoms with Gasteiger partial charge in [0.15, 0.2) is 0 Å². The predicted molar refractivity (Wildman–Crippen MR) is 106 cm³/mol. The summed E-state index contributed by atoms with van der Waals surface area (Å²) in [4.78, 5) is 0. The van der Waals surface area contributed by atoms with Gasteiger partial charge in [0.05, 0.1) is 35.8 Å². The molecule has 0 radical (unpaired) electrons. The van der Waals surface area contributed by atoms with Gasteiger partial charge in [0, 0.05) is 12.2 Å². The van der Waals surface area contributed by atoms with E-state index in [0.717, 1.165) is 22.7 Å². The molecule has 0 spiro atoms. The van der Waals surface area contributed by atoms with E-state index in [4.69, 9.17) is 15.1 Å². The summed E-state index contributed by atoms with van der Waals surface area (Å²) in [6.07, 6.45) is 0.879. The Hall–Kier alpha value is -3.14. The van der Waals surface area contributed by atoms with Crippen molar-refractivity contribution in [3.8, 4) is 28.8 Å². The Kier molecular flexibility index (Phi) is 5.78. The fraction of sp³-hybridized carbons (Fsp3) is 0.273. The van der Waals surface area contributed by atoms with E-state index in [-0.39, 0.29) is 6.61 Å². The second kappa shape index (κ2) is 8.26. The molecule has 6 nitrogen and oxygen atoms in total. The molecule has 1 atom stereocenters. The molecule has 3 aromatic rings. The first kappa shape index (κ1) is 19.6. The summed E-state index contributed by atoms with van der Waals surface area (Å²) in [7, 11) is 1.61. The van der Waals surface area contributed by atoms with Crippen LogP contribution < -0.4 is 4.74 Å². The van der Waals surface area contributed by atoms with Gasteiger partial charge in [0.2, 0.25) is 0 Å². The van der Waals surface area contributed by atoms with Crippen LogP contribution in [0, 0.1) is 11.3 Å². The second-order valence-electron chi connectivity index (χ2n) is 6.81. The third-order valence-electron chi connectivity index (χ3n) is 4.71. The van der Waals surface area contributed by atoms with Crippen LogP contribution in [0.3, 0.4) is 0 Å². The number of nitriles is 1. The first-order chi connectivity index (χ1) is 13.5. The van der Waals surface area contributed by atoms with Crippen molar-refractivity contribution in [3.63, 3.8) is 0 Å². The van der Waals surface area contributed by atoms with Crippen molar-refractivity contribution in [2.45, 2.75) is 25.4 Å². The number of methoxy groups -OCH3 is 1. The standard InChI is InChI=1S/C22H23N3O3/c1-22(27,12-3-13-26)21-14-20(17-6-4-16(15-23)5-7-17)25(24-21)18-8-10-19(28-2)11-9-18/h4-11,14,26-27H,3,12-13H2,1-2H3. The lowest BCUT2D eigenvalue weighted by molar-refractivity contribution is 0.0357. The lowest BCUT2D eigenvalue weighted by atomic mass is 9.95. The van der Waals surface area contributed by atoms with E-state index in [1.165, 1.54) is 0 Å². The van der Waals surface area contributed by atoms with Crippen molar-refractivity contribution in [3.05, 3.63) is 65.9 Å². The molecule has 2 N–H and O–H groups in total. The van der Waals surface area contributed by atoms with Crippen molar-refractivity contribution >= 4 is 0 Å². The van der Waals surface area contributed by atoms with Crippen molar-refractivity contribution in [2.24, 2.45) is 0 Å². The summed E-state index contributed by atoms with van der Waals surface area (Å²) >= 11 is 0. The molecule has 0 amide bonds. The zero-order valence-corrected chi connectivity index (χ0v) is 16.0. The lowest BCUT2D eigenvalue weighted by Crippen LogP contribution is -2.22. The highest BCUT2D eigenvalue weighted by Crippen LogP contribution is 2.31. The molecule has 2 aromatic carbocycles. The maximum atomic E-state index is 10.9. The highest BCUT2D eigenvalue weighted by atomic mass is 16.5. The zero-order valence-electron chi connectivity index (χ0n) is 16.0. The van der Waals surface area contributed by atoms with E-state index in [1.54, 1.807) is 30.8 Å². The Morgan fingerprint density at radius 2 is 1.82 bits per heavy atom. The maximum Gasteiger partial charge on any atom is 0.119 e. The van der Waals surface area contributed by atoms with Gasteiger partial charge in [-0.15, -0.1) is 0 Å². The van der Waals surface area contributed by atoms with Gasteiger partial charge in [-0.1, -0.05) is 12.1 Å². The first-order valence-corrected chi connectivity index (χ1v) is 9.07. The molecule has 0 fully saturated rings. The van der Waals surface area contributed by atoms with E-state index in [1.807, 2.05) is 42.5 Å². The summed E-state index contributed by atoms with van der Waals surface area (Å²) in [5, 5.41) is 33.7. The maximum absolute atomic E-state index is 10.9. The molecular formula is C22H23N3O3. The van der Waals surface area contributed by atoms with E-state index >= 15 is 0 Å². The number of rotatable bonds is 7. The average molecular weight is 377 g/mol. The van der Waals surface area contributed by atoms with Gasteiger partial charge >= 0.3 is 0 Å². The number of hydrogen-bond acceptors (Lipinski definition) is 5. The van der Waals surface area contributed by atoms with Crippen LogP contribution in [0.5, 0.6) is 5.75 Å². The quantitative estimate of drug-likeness (QED) is 0.658. The van der Waals surface area contributed by atoms with Crippen molar-refractivity contribution in [1.82, 2.24) is 9.78 Å². The Morgan fingerprint density at radius 3 is 2.39 bits per heavy atom. The Bertz CT molecular complexity index is 968. The number of aliphatic hydroxyl groups is 2. The molecule has 0 aliphatic heterocycles. The van der Waals surface area contributed by atoms with Crippen LogP contribution in [-0.2, 0) is 5.60 Å². The molecule has 6 heteroatoms. The molecule has 1 aromatic heterocycles.